The Hall–Kier alpha value is -3.17. The summed E-state index contributed by atoms with van der Waals surface area (Å²) in [4.78, 5) is 17.0. The molecular weight excluding hydrogens is 558 g/mol. The highest BCUT2D eigenvalue weighted by molar-refractivity contribution is 7.90. The predicted octanol–water partition coefficient (Wildman–Crippen LogP) is 4.94. The van der Waals surface area contributed by atoms with Crippen molar-refractivity contribution in [3.05, 3.63) is 57.7 Å². The summed E-state index contributed by atoms with van der Waals surface area (Å²) in [6.07, 6.45) is 2.72. The van der Waals surface area contributed by atoms with Gasteiger partial charge in [-0.05, 0) is 57.0 Å². The summed E-state index contributed by atoms with van der Waals surface area (Å²) in [5.74, 6) is 0.168. The third-order valence-corrected chi connectivity index (χ3v) is 9.44. The Morgan fingerprint density at radius 2 is 2.00 bits per heavy atom. The standard InChI is InChI=1S/C27H28ClN5O4S2/c1-16(2)32-10-8-17(9-11-32)30-27(34)26-21(14-29)20-13-19(39(3,35)36)4-5-22(20)33(26)15-18-12-23(37-31-18)24-6-7-25(28)38-24/h4-7,12-13,16-17H,8-11,15H2,1-3H3,(H,30,34). The average Bonchev–Trinajstić information content (AvgIpc) is 3.61. The maximum Gasteiger partial charge on any atom is 0.269 e. The van der Waals surface area contributed by atoms with Crippen LogP contribution in [0.15, 0.2) is 45.8 Å². The monoisotopic (exact) mass is 585 g/mol. The normalized spacial score (nSPS) is 15.2. The van der Waals surface area contributed by atoms with Crippen molar-refractivity contribution < 1.29 is 17.7 Å². The fourth-order valence-corrected chi connectivity index (χ4v) is 6.64. The molecule has 1 aromatic carbocycles. The van der Waals surface area contributed by atoms with E-state index in [4.69, 9.17) is 16.1 Å². The van der Waals surface area contributed by atoms with Crippen LogP contribution in [0.2, 0.25) is 4.34 Å². The Morgan fingerprint density at radius 3 is 2.62 bits per heavy atom. The summed E-state index contributed by atoms with van der Waals surface area (Å²) < 4.78 is 32.4. The lowest BCUT2D eigenvalue weighted by molar-refractivity contribution is 0.0892. The number of thiophene rings is 1. The molecule has 1 aliphatic rings. The highest BCUT2D eigenvalue weighted by atomic mass is 35.5. The molecule has 1 amide bonds. The lowest BCUT2D eigenvalue weighted by Crippen LogP contribution is -2.47. The van der Waals surface area contributed by atoms with Crippen molar-refractivity contribution in [2.75, 3.05) is 19.3 Å². The molecule has 0 atom stereocenters. The molecule has 5 rings (SSSR count). The molecule has 4 heterocycles. The third kappa shape index (κ3) is 5.61. The third-order valence-electron chi connectivity index (χ3n) is 7.08. The van der Waals surface area contributed by atoms with Crippen LogP contribution in [0.25, 0.3) is 21.5 Å². The molecule has 204 valence electrons. The van der Waals surface area contributed by atoms with E-state index >= 15 is 0 Å². The number of amides is 1. The first kappa shape index (κ1) is 27.4. The second-order valence-electron chi connectivity index (χ2n) is 10.0. The minimum atomic E-state index is -3.52. The molecule has 12 heteroatoms. The van der Waals surface area contributed by atoms with Crippen molar-refractivity contribution in [2.24, 2.45) is 0 Å². The van der Waals surface area contributed by atoms with Gasteiger partial charge in [-0.1, -0.05) is 16.8 Å². The number of nitriles is 1. The molecule has 0 aliphatic carbocycles. The van der Waals surface area contributed by atoms with Gasteiger partial charge in [0, 0.05) is 42.9 Å². The SMILES string of the molecule is CC(C)N1CCC(NC(=O)c2c(C#N)c3cc(S(C)(=O)=O)ccc3n2Cc2cc(-c3ccc(Cl)s3)on2)CC1. The van der Waals surface area contributed by atoms with Gasteiger partial charge in [0.2, 0.25) is 0 Å². The summed E-state index contributed by atoms with van der Waals surface area (Å²) in [6.45, 7) is 6.21. The molecule has 4 aromatic rings. The van der Waals surface area contributed by atoms with Gasteiger partial charge in [0.1, 0.15) is 17.5 Å². The van der Waals surface area contributed by atoms with Gasteiger partial charge in [0.05, 0.1) is 31.7 Å². The number of sulfone groups is 1. The van der Waals surface area contributed by atoms with Gasteiger partial charge in [-0.25, -0.2) is 8.42 Å². The molecular formula is C27H28ClN5O4S2. The van der Waals surface area contributed by atoms with Crippen molar-refractivity contribution >= 4 is 49.6 Å². The summed E-state index contributed by atoms with van der Waals surface area (Å²) in [5, 5.41) is 17.9. The van der Waals surface area contributed by atoms with Crippen molar-refractivity contribution in [1.82, 2.24) is 19.9 Å². The lowest BCUT2D eigenvalue weighted by atomic mass is 10.0. The molecule has 39 heavy (non-hydrogen) atoms. The number of rotatable bonds is 7. The van der Waals surface area contributed by atoms with E-state index in [0.29, 0.717) is 32.7 Å². The number of hydrogen-bond donors (Lipinski definition) is 1. The quantitative estimate of drug-likeness (QED) is 0.326. The van der Waals surface area contributed by atoms with Gasteiger partial charge in [-0.2, -0.15) is 5.26 Å². The Balaban J connectivity index is 1.54. The maximum atomic E-state index is 13.7. The van der Waals surface area contributed by atoms with Gasteiger partial charge in [0.25, 0.3) is 5.91 Å². The largest absolute Gasteiger partial charge is 0.355 e. The van der Waals surface area contributed by atoms with Crippen molar-refractivity contribution in [2.45, 2.75) is 50.2 Å². The number of likely N-dealkylation sites (tertiary alicyclic amines) is 1. The molecule has 9 nitrogen and oxygen atoms in total. The second kappa shape index (κ2) is 10.8. The Labute approximate surface area is 235 Å². The van der Waals surface area contributed by atoms with Crippen molar-refractivity contribution in [1.29, 1.82) is 5.26 Å². The van der Waals surface area contributed by atoms with E-state index in [1.54, 1.807) is 22.8 Å². The first-order valence-corrected chi connectivity index (χ1v) is 15.7. The highest BCUT2D eigenvalue weighted by Gasteiger charge is 2.28. The van der Waals surface area contributed by atoms with Gasteiger partial charge in [-0.15, -0.1) is 11.3 Å². The van der Waals surface area contributed by atoms with Gasteiger partial charge >= 0.3 is 0 Å². The summed E-state index contributed by atoms with van der Waals surface area (Å²) in [5.41, 5.74) is 1.40. The van der Waals surface area contributed by atoms with E-state index in [2.05, 4.69) is 35.3 Å². The number of carbonyl (C=O) groups is 1. The number of piperidine rings is 1. The molecule has 1 aliphatic heterocycles. The van der Waals surface area contributed by atoms with Crippen LogP contribution < -0.4 is 5.32 Å². The minimum Gasteiger partial charge on any atom is -0.355 e. The van der Waals surface area contributed by atoms with Gasteiger partial charge in [-0.3, -0.25) is 4.79 Å². The Kier molecular flexibility index (Phi) is 7.57. The highest BCUT2D eigenvalue weighted by Crippen LogP contribution is 2.33. The lowest BCUT2D eigenvalue weighted by Gasteiger charge is -2.34. The minimum absolute atomic E-state index is 0.0284. The number of nitrogens with one attached hydrogen (secondary N) is 1. The molecule has 0 radical (unpaired) electrons. The zero-order chi connectivity index (χ0) is 27.9. The molecule has 1 fully saturated rings. The van der Waals surface area contributed by atoms with Crippen LogP contribution in [0.3, 0.4) is 0 Å². The molecule has 0 spiro atoms. The van der Waals surface area contributed by atoms with Crippen LogP contribution in [-0.4, -0.2) is 60.4 Å². The van der Waals surface area contributed by atoms with E-state index in [9.17, 15) is 18.5 Å². The van der Waals surface area contributed by atoms with Crippen LogP contribution in [0.1, 0.15) is 48.4 Å². The van der Waals surface area contributed by atoms with Crippen LogP contribution in [0.4, 0.5) is 0 Å². The van der Waals surface area contributed by atoms with Gasteiger partial charge < -0.3 is 19.3 Å². The molecule has 0 bridgehead atoms. The fraction of sp³-hybridized carbons (Fsp3) is 0.370. The van der Waals surface area contributed by atoms with Crippen LogP contribution in [0.5, 0.6) is 0 Å². The predicted molar refractivity (Wildman–Crippen MR) is 151 cm³/mol. The number of benzene rings is 1. The fourth-order valence-electron chi connectivity index (χ4n) is 5.00. The number of carbonyl (C=O) groups excluding carboxylic acids is 1. The summed E-state index contributed by atoms with van der Waals surface area (Å²) >= 11 is 7.43. The van der Waals surface area contributed by atoms with Crippen molar-refractivity contribution in [3.63, 3.8) is 0 Å². The summed E-state index contributed by atoms with van der Waals surface area (Å²) in [7, 11) is -3.52. The number of halogens is 1. The Bertz CT molecular complexity index is 1690. The number of hydrogen-bond acceptors (Lipinski definition) is 8. The second-order valence-corrected chi connectivity index (χ2v) is 13.8. The number of nitrogens with zero attached hydrogens (tertiary/aromatic N) is 4. The van der Waals surface area contributed by atoms with E-state index in [1.807, 2.05) is 6.07 Å². The number of fused-ring (bicyclic) bond motifs is 1. The molecule has 1 saturated heterocycles. The molecule has 0 unspecified atom stereocenters. The van der Waals surface area contributed by atoms with Crippen LogP contribution in [-0.2, 0) is 16.4 Å². The topological polar surface area (TPSA) is 121 Å². The number of aromatic nitrogens is 2. The van der Waals surface area contributed by atoms with E-state index < -0.39 is 9.84 Å². The zero-order valence-corrected chi connectivity index (χ0v) is 24.2. The van der Waals surface area contributed by atoms with Crippen molar-refractivity contribution in [3.8, 4) is 16.7 Å². The average molecular weight is 586 g/mol. The zero-order valence-electron chi connectivity index (χ0n) is 21.8. The van der Waals surface area contributed by atoms with E-state index in [0.717, 1.165) is 37.1 Å². The molecule has 0 saturated carbocycles. The Morgan fingerprint density at radius 1 is 1.26 bits per heavy atom. The molecule has 1 N–H and O–H groups in total. The molecule has 3 aromatic heterocycles. The van der Waals surface area contributed by atoms with E-state index in [-0.39, 0.29) is 34.6 Å². The first-order chi connectivity index (χ1) is 18.5. The van der Waals surface area contributed by atoms with E-state index in [1.165, 1.54) is 23.5 Å². The van der Waals surface area contributed by atoms with Crippen LogP contribution in [0, 0.1) is 11.3 Å². The van der Waals surface area contributed by atoms with Crippen LogP contribution >= 0.6 is 22.9 Å². The van der Waals surface area contributed by atoms with Gasteiger partial charge in [0.15, 0.2) is 15.6 Å². The summed E-state index contributed by atoms with van der Waals surface area (Å²) in [6, 6.07) is 12.5. The first-order valence-electron chi connectivity index (χ1n) is 12.6. The maximum absolute atomic E-state index is 13.7. The smallest absolute Gasteiger partial charge is 0.269 e.